The lowest BCUT2D eigenvalue weighted by Crippen LogP contribution is -2.56. The van der Waals surface area contributed by atoms with Crippen LogP contribution < -0.4 is 5.43 Å². The maximum Gasteiger partial charge on any atom is 0.273 e. The topological polar surface area (TPSA) is 95.6 Å². The molecule has 1 aromatic carbocycles. The molecule has 0 aliphatic carbocycles. The first-order valence-corrected chi connectivity index (χ1v) is 11.6. The van der Waals surface area contributed by atoms with Crippen molar-refractivity contribution in [3.63, 3.8) is 0 Å². The van der Waals surface area contributed by atoms with E-state index in [1.165, 1.54) is 0 Å². The van der Waals surface area contributed by atoms with Crippen LogP contribution in [0.1, 0.15) is 50.6 Å². The van der Waals surface area contributed by atoms with E-state index in [1.54, 1.807) is 26.7 Å². The first-order chi connectivity index (χ1) is 16.3. The van der Waals surface area contributed by atoms with Gasteiger partial charge in [-0.05, 0) is 62.6 Å². The maximum absolute atomic E-state index is 13.0. The van der Waals surface area contributed by atoms with Gasteiger partial charge in [0, 0.05) is 30.5 Å². The number of likely N-dealkylation sites (tertiary alicyclic amines) is 1. The van der Waals surface area contributed by atoms with Gasteiger partial charge in [-0.3, -0.25) is 18.9 Å². The zero-order valence-electron chi connectivity index (χ0n) is 19.6. The highest BCUT2D eigenvalue weighted by Gasteiger charge is 2.38. The fraction of sp³-hybridized carbons (Fsp3) is 0.400. The van der Waals surface area contributed by atoms with Crippen molar-refractivity contribution in [2.24, 2.45) is 0 Å². The van der Waals surface area contributed by atoms with Gasteiger partial charge in [-0.1, -0.05) is 12.1 Å². The molecule has 2 aliphatic heterocycles. The summed E-state index contributed by atoms with van der Waals surface area (Å²) < 4.78 is 3.66. The van der Waals surface area contributed by atoms with Crippen molar-refractivity contribution in [3.05, 3.63) is 76.9 Å². The number of amides is 2. The Balaban J connectivity index is 1.17. The SMILES string of the molecule is Cc1cc(C)n(Cc2ccc(C(=O)N3CCC(O)(CN4CNn5cccc5C4=O)CC3)cc2)n1. The Morgan fingerprint density at radius 2 is 1.88 bits per heavy atom. The van der Waals surface area contributed by atoms with Crippen LogP contribution in [0.4, 0.5) is 0 Å². The lowest BCUT2D eigenvalue weighted by molar-refractivity contribution is -0.0369. The quantitative estimate of drug-likeness (QED) is 0.605. The normalized spacial score (nSPS) is 17.4. The molecule has 2 amide bonds. The number of nitrogens with zero attached hydrogens (tertiary/aromatic N) is 5. The highest BCUT2D eigenvalue weighted by atomic mass is 16.3. The summed E-state index contributed by atoms with van der Waals surface area (Å²) in [6.07, 6.45) is 2.66. The summed E-state index contributed by atoms with van der Waals surface area (Å²) >= 11 is 0. The summed E-state index contributed by atoms with van der Waals surface area (Å²) in [4.78, 5) is 29.2. The van der Waals surface area contributed by atoms with Crippen molar-refractivity contribution in [2.75, 3.05) is 31.7 Å². The van der Waals surface area contributed by atoms with Gasteiger partial charge in [0.1, 0.15) is 12.4 Å². The molecule has 0 atom stereocenters. The van der Waals surface area contributed by atoms with Crippen LogP contribution in [0.5, 0.6) is 0 Å². The second kappa shape index (κ2) is 8.64. The predicted octanol–water partition coefficient (Wildman–Crippen LogP) is 1.97. The third-order valence-corrected chi connectivity index (χ3v) is 6.79. The first-order valence-electron chi connectivity index (χ1n) is 11.6. The minimum absolute atomic E-state index is 0.0340. The lowest BCUT2D eigenvalue weighted by atomic mass is 9.90. The van der Waals surface area contributed by atoms with Crippen molar-refractivity contribution in [1.29, 1.82) is 0 Å². The summed E-state index contributed by atoms with van der Waals surface area (Å²) in [7, 11) is 0. The van der Waals surface area contributed by atoms with E-state index in [2.05, 4.69) is 10.5 Å². The Kier molecular flexibility index (Phi) is 5.65. The van der Waals surface area contributed by atoms with Gasteiger partial charge in [-0.2, -0.15) is 5.10 Å². The number of nitrogens with one attached hydrogen (secondary N) is 1. The molecule has 0 radical (unpaired) electrons. The molecule has 2 N–H and O–H groups in total. The molecule has 9 nitrogen and oxygen atoms in total. The molecule has 4 heterocycles. The fourth-order valence-corrected chi connectivity index (χ4v) is 4.80. The maximum atomic E-state index is 13.0. The van der Waals surface area contributed by atoms with Crippen molar-refractivity contribution in [1.82, 2.24) is 24.3 Å². The van der Waals surface area contributed by atoms with E-state index in [0.717, 1.165) is 17.0 Å². The Hall–Kier alpha value is -3.59. The number of benzene rings is 1. The number of hydrogen-bond acceptors (Lipinski definition) is 5. The highest BCUT2D eigenvalue weighted by molar-refractivity contribution is 5.94. The van der Waals surface area contributed by atoms with Crippen molar-refractivity contribution < 1.29 is 14.7 Å². The second-order valence-corrected chi connectivity index (χ2v) is 9.38. The molecule has 0 bridgehead atoms. The van der Waals surface area contributed by atoms with Crippen LogP contribution in [0.25, 0.3) is 0 Å². The minimum Gasteiger partial charge on any atom is -0.388 e. The van der Waals surface area contributed by atoms with Gasteiger partial charge in [-0.25, -0.2) is 0 Å². The summed E-state index contributed by atoms with van der Waals surface area (Å²) in [5.41, 5.74) is 6.51. The third kappa shape index (κ3) is 4.31. The van der Waals surface area contributed by atoms with Gasteiger partial charge in [0.15, 0.2) is 0 Å². The Labute approximate surface area is 198 Å². The third-order valence-electron chi connectivity index (χ3n) is 6.79. The summed E-state index contributed by atoms with van der Waals surface area (Å²) in [5, 5.41) is 15.6. The number of carbonyl (C=O) groups excluding carboxylic acids is 2. The van der Waals surface area contributed by atoms with Crippen molar-refractivity contribution in [2.45, 2.75) is 38.8 Å². The minimum atomic E-state index is -1.01. The number of rotatable bonds is 5. The fourth-order valence-electron chi connectivity index (χ4n) is 4.80. The van der Waals surface area contributed by atoms with Crippen LogP contribution in [0.3, 0.4) is 0 Å². The zero-order chi connectivity index (χ0) is 23.9. The summed E-state index contributed by atoms with van der Waals surface area (Å²) in [6.45, 7) is 6.17. The van der Waals surface area contributed by atoms with E-state index in [1.807, 2.05) is 54.9 Å². The van der Waals surface area contributed by atoms with Crippen LogP contribution in [0, 0.1) is 13.8 Å². The number of β-amino-alcohol motifs (C(OH)–C–C–N with tert-alkyl or cyclic N) is 1. The summed E-state index contributed by atoms with van der Waals surface area (Å²) in [6, 6.07) is 13.3. The Morgan fingerprint density at radius 3 is 2.56 bits per heavy atom. The second-order valence-electron chi connectivity index (χ2n) is 9.38. The number of fused-ring (bicyclic) bond motifs is 1. The molecule has 178 valence electrons. The molecule has 2 aromatic heterocycles. The number of piperidine rings is 1. The Bertz CT molecular complexity index is 1200. The van der Waals surface area contributed by atoms with Crippen LogP contribution in [0.2, 0.25) is 0 Å². The monoisotopic (exact) mass is 462 g/mol. The molecule has 0 spiro atoms. The molecule has 0 unspecified atom stereocenters. The van der Waals surface area contributed by atoms with Gasteiger partial charge in [0.2, 0.25) is 0 Å². The first kappa shape index (κ1) is 22.2. The standard InChI is InChI=1S/C25H30N6O3/c1-18-14-19(2)31(27-18)15-20-5-7-21(8-6-20)23(32)28-12-9-25(34,10-13-28)16-29-17-26-30-11-3-4-22(30)24(29)33/h3-8,11,14,26,34H,9-10,12-13,15-17H2,1-2H3. The van der Waals surface area contributed by atoms with Gasteiger partial charge in [0.25, 0.3) is 11.8 Å². The van der Waals surface area contributed by atoms with E-state index < -0.39 is 5.60 Å². The van der Waals surface area contributed by atoms with E-state index >= 15 is 0 Å². The molecule has 3 aromatic rings. The van der Waals surface area contributed by atoms with E-state index in [0.29, 0.717) is 50.4 Å². The number of carbonyl (C=O) groups is 2. The molecule has 9 heteroatoms. The molecular weight excluding hydrogens is 432 g/mol. The van der Waals surface area contributed by atoms with Gasteiger partial charge in [-0.15, -0.1) is 0 Å². The van der Waals surface area contributed by atoms with E-state index in [-0.39, 0.29) is 18.4 Å². The average molecular weight is 463 g/mol. The number of aromatic nitrogens is 3. The lowest BCUT2D eigenvalue weighted by Gasteiger charge is -2.42. The average Bonchev–Trinajstić information content (AvgIpc) is 3.42. The molecule has 1 saturated heterocycles. The van der Waals surface area contributed by atoms with Crippen LogP contribution in [-0.4, -0.2) is 73.1 Å². The van der Waals surface area contributed by atoms with E-state index in [4.69, 9.17) is 0 Å². The molecule has 1 fully saturated rings. The van der Waals surface area contributed by atoms with Crippen LogP contribution in [0.15, 0.2) is 48.7 Å². The molecule has 0 saturated carbocycles. The Morgan fingerprint density at radius 1 is 1.15 bits per heavy atom. The van der Waals surface area contributed by atoms with Crippen molar-refractivity contribution >= 4 is 11.8 Å². The molecule has 5 rings (SSSR count). The van der Waals surface area contributed by atoms with Crippen molar-refractivity contribution in [3.8, 4) is 0 Å². The number of aryl methyl sites for hydroxylation is 2. The van der Waals surface area contributed by atoms with E-state index in [9.17, 15) is 14.7 Å². The number of aliphatic hydroxyl groups is 1. The highest BCUT2D eigenvalue weighted by Crippen LogP contribution is 2.26. The predicted molar refractivity (Wildman–Crippen MR) is 127 cm³/mol. The van der Waals surface area contributed by atoms with Gasteiger partial charge >= 0.3 is 0 Å². The number of hydrogen-bond donors (Lipinski definition) is 2. The van der Waals surface area contributed by atoms with Gasteiger partial charge in [0.05, 0.1) is 24.4 Å². The summed E-state index contributed by atoms with van der Waals surface area (Å²) in [5.74, 6) is -0.135. The molecule has 34 heavy (non-hydrogen) atoms. The zero-order valence-corrected chi connectivity index (χ0v) is 19.6. The molecular formula is C25H30N6O3. The molecule has 2 aliphatic rings. The van der Waals surface area contributed by atoms with Gasteiger partial charge < -0.3 is 20.3 Å². The smallest absolute Gasteiger partial charge is 0.273 e. The van der Waals surface area contributed by atoms with Crippen LogP contribution in [-0.2, 0) is 6.54 Å². The van der Waals surface area contributed by atoms with Crippen LogP contribution >= 0.6 is 0 Å². The largest absolute Gasteiger partial charge is 0.388 e.